The van der Waals surface area contributed by atoms with Crippen molar-refractivity contribution in [3.8, 4) is 11.3 Å². The third kappa shape index (κ3) is 2.26. The Morgan fingerprint density at radius 2 is 1.85 bits per heavy atom. The molecule has 0 atom stereocenters. The van der Waals surface area contributed by atoms with Crippen LogP contribution in [0.4, 0.5) is 5.69 Å². The van der Waals surface area contributed by atoms with Crippen LogP contribution >= 0.6 is 0 Å². The summed E-state index contributed by atoms with van der Waals surface area (Å²) in [4.78, 5) is 6.90. The number of benzene rings is 1. The highest BCUT2D eigenvalue weighted by atomic mass is 15.1. The molecule has 0 bridgehead atoms. The maximum Gasteiger partial charge on any atom is 0.137 e. The molecule has 0 aliphatic carbocycles. The van der Waals surface area contributed by atoms with E-state index in [4.69, 9.17) is 10.7 Å². The number of nitrogens with two attached hydrogens (primary N) is 1. The van der Waals surface area contributed by atoms with Gasteiger partial charge in [0.2, 0.25) is 0 Å². The van der Waals surface area contributed by atoms with Gasteiger partial charge in [-0.25, -0.2) is 4.98 Å². The van der Waals surface area contributed by atoms with Crippen molar-refractivity contribution < 1.29 is 0 Å². The fourth-order valence-corrected chi connectivity index (χ4v) is 2.39. The van der Waals surface area contributed by atoms with Crippen molar-refractivity contribution in [1.82, 2.24) is 14.3 Å². The Labute approximate surface area is 118 Å². The van der Waals surface area contributed by atoms with Crippen LogP contribution < -0.4 is 5.73 Å². The van der Waals surface area contributed by atoms with Crippen LogP contribution in [-0.4, -0.2) is 28.4 Å². The summed E-state index contributed by atoms with van der Waals surface area (Å²) in [5.41, 5.74) is 10.9. The topological polar surface area (TPSA) is 46.6 Å². The number of nitrogen functional groups attached to an aromatic ring is 1. The Morgan fingerprint density at radius 3 is 2.55 bits per heavy atom. The Hall–Kier alpha value is -2.33. The van der Waals surface area contributed by atoms with Crippen LogP contribution in [0.15, 0.2) is 48.7 Å². The van der Waals surface area contributed by atoms with E-state index in [1.807, 2.05) is 36.5 Å². The highest BCUT2D eigenvalue weighted by Crippen LogP contribution is 2.25. The van der Waals surface area contributed by atoms with Gasteiger partial charge in [0.05, 0.1) is 11.4 Å². The molecule has 2 N–H and O–H groups in total. The van der Waals surface area contributed by atoms with Gasteiger partial charge in [0.1, 0.15) is 5.65 Å². The molecule has 0 unspecified atom stereocenters. The molecular formula is C16H18N4. The summed E-state index contributed by atoms with van der Waals surface area (Å²) >= 11 is 0. The number of anilines is 1. The average molecular weight is 266 g/mol. The number of fused-ring (bicyclic) bond motifs is 1. The maximum atomic E-state index is 5.91. The molecule has 0 spiro atoms. The Kier molecular flexibility index (Phi) is 3.16. The van der Waals surface area contributed by atoms with Crippen molar-refractivity contribution in [1.29, 1.82) is 0 Å². The van der Waals surface area contributed by atoms with E-state index in [1.165, 1.54) is 0 Å². The molecular weight excluding hydrogens is 248 g/mol. The summed E-state index contributed by atoms with van der Waals surface area (Å²) in [7, 11) is 4.11. The molecule has 0 aliphatic heterocycles. The molecule has 3 rings (SSSR count). The molecule has 102 valence electrons. The Balaban J connectivity index is 2.25. The van der Waals surface area contributed by atoms with E-state index in [9.17, 15) is 0 Å². The first kappa shape index (κ1) is 12.7. The Morgan fingerprint density at radius 1 is 1.10 bits per heavy atom. The second-order valence-electron chi connectivity index (χ2n) is 5.20. The summed E-state index contributed by atoms with van der Waals surface area (Å²) in [6.45, 7) is 0.814. The van der Waals surface area contributed by atoms with Gasteiger partial charge >= 0.3 is 0 Å². The fourth-order valence-electron chi connectivity index (χ4n) is 2.39. The molecule has 3 aromatic rings. The number of imidazole rings is 1. The molecule has 0 saturated carbocycles. The zero-order valence-corrected chi connectivity index (χ0v) is 11.7. The second kappa shape index (κ2) is 4.98. The van der Waals surface area contributed by atoms with E-state index in [2.05, 4.69) is 35.5 Å². The zero-order chi connectivity index (χ0) is 14.1. The van der Waals surface area contributed by atoms with Crippen LogP contribution in [0.25, 0.3) is 16.9 Å². The van der Waals surface area contributed by atoms with Gasteiger partial charge in [-0.3, -0.25) is 0 Å². The Bertz CT molecular complexity index is 729. The van der Waals surface area contributed by atoms with Gasteiger partial charge in [0.25, 0.3) is 0 Å². The number of nitrogens with zero attached hydrogens (tertiary/aromatic N) is 3. The molecule has 0 amide bonds. The van der Waals surface area contributed by atoms with Gasteiger partial charge in [-0.2, -0.15) is 0 Å². The SMILES string of the molecule is CN(C)Cc1c(-c2ccccc2)nc2ccc(N)cn12. The van der Waals surface area contributed by atoms with Gasteiger partial charge in [-0.05, 0) is 26.2 Å². The molecule has 2 heterocycles. The van der Waals surface area contributed by atoms with Crippen molar-refractivity contribution in [2.75, 3.05) is 19.8 Å². The minimum absolute atomic E-state index is 0.745. The standard InChI is InChI=1S/C16H18N4/c1-19(2)11-14-16(12-6-4-3-5-7-12)18-15-9-8-13(17)10-20(14)15/h3-10H,11,17H2,1-2H3. The second-order valence-corrected chi connectivity index (χ2v) is 5.20. The predicted molar refractivity (Wildman–Crippen MR) is 82.4 cm³/mol. The van der Waals surface area contributed by atoms with Gasteiger partial charge < -0.3 is 15.0 Å². The maximum absolute atomic E-state index is 5.91. The van der Waals surface area contributed by atoms with E-state index in [1.54, 1.807) is 0 Å². The van der Waals surface area contributed by atoms with Crippen molar-refractivity contribution in [3.63, 3.8) is 0 Å². The van der Waals surface area contributed by atoms with E-state index < -0.39 is 0 Å². The summed E-state index contributed by atoms with van der Waals surface area (Å²) in [6.07, 6.45) is 1.94. The molecule has 4 nitrogen and oxygen atoms in total. The minimum atomic E-state index is 0.745. The number of rotatable bonds is 3. The van der Waals surface area contributed by atoms with E-state index in [-0.39, 0.29) is 0 Å². The van der Waals surface area contributed by atoms with Crippen LogP contribution in [-0.2, 0) is 6.54 Å². The summed E-state index contributed by atoms with van der Waals surface area (Å²) in [5.74, 6) is 0. The average Bonchev–Trinajstić information content (AvgIpc) is 2.77. The van der Waals surface area contributed by atoms with Gasteiger partial charge in [-0.15, -0.1) is 0 Å². The third-order valence-electron chi connectivity index (χ3n) is 3.25. The smallest absolute Gasteiger partial charge is 0.137 e. The van der Waals surface area contributed by atoms with Crippen LogP contribution in [0.2, 0.25) is 0 Å². The predicted octanol–water partition coefficient (Wildman–Crippen LogP) is 2.65. The normalized spacial score (nSPS) is 11.3. The minimum Gasteiger partial charge on any atom is -0.398 e. The number of hydrogen-bond donors (Lipinski definition) is 1. The van der Waals surface area contributed by atoms with Gasteiger partial charge in [0, 0.05) is 24.0 Å². The molecule has 0 radical (unpaired) electrons. The molecule has 0 fully saturated rings. The van der Waals surface area contributed by atoms with E-state index in [0.29, 0.717) is 0 Å². The van der Waals surface area contributed by atoms with Gasteiger partial charge in [-0.1, -0.05) is 30.3 Å². The van der Waals surface area contributed by atoms with Crippen LogP contribution in [0.3, 0.4) is 0 Å². The molecule has 2 aromatic heterocycles. The first-order valence-corrected chi connectivity index (χ1v) is 6.62. The molecule has 1 aromatic carbocycles. The van der Waals surface area contributed by atoms with Crippen molar-refractivity contribution >= 4 is 11.3 Å². The number of hydrogen-bond acceptors (Lipinski definition) is 3. The molecule has 0 saturated heterocycles. The fraction of sp³-hybridized carbons (Fsp3) is 0.188. The zero-order valence-electron chi connectivity index (χ0n) is 11.7. The lowest BCUT2D eigenvalue weighted by molar-refractivity contribution is 0.396. The highest BCUT2D eigenvalue weighted by molar-refractivity contribution is 5.67. The van der Waals surface area contributed by atoms with Crippen molar-refractivity contribution in [2.45, 2.75) is 6.54 Å². The van der Waals surface area contributed by atoms with Crippen molar-refractivity contribution in [3.05, 3.63) is 54.4 Å². The van der Waals surface area contributed by atoms with Crippen LogP contribution in [0.1, 0.15) is 5.69 Å². The number of aromatic nitrogens is 2. The molecule has 0 aliphatic rings. The van der Waals surface area contributed by atoms with E-state index in [0.717, 1.165) is 34.8 Å². The largest absolute Gasteiger partial charge is 0.398 e. The number of pyridine rings is 1. The van der Waals surface area contributed by atoms with E-state index >= 15 is 0 Å². The first-order valence-electron chi connectivity index (χ1n) is 6.62. The lowest BCUT2D eigenvalue weighted by Gasteiger charge is -2.11. The van der Waals surface area contributed by atoms with Crippen molar-refractivity contribution in [2.24, 2.45) is 0 Å². The lowest BCUT2D eigenvalue weighted by atomic mass is 10.1. The summed E-state index contributed by atoms with van der Waals surface area (Å²) < 4.78 is 2.08. The van der Waals surface area contributed by atoms with Crippen LogP contribution in [0, 0.1) is 0 Å². The third-order valence-corrected chi connectivity index (χ3v) is 3.25. The molecule has 4 heteroatoms. The first-order chi connectivity index (χ1) is 9.65. The monoisotopic (exact) mass is 266 g/mol. The molecule has 20 heavy (non-hydrogen) atoms. The lowest BCUT2D eigenvalue weighted by Crippen LogP contribution is -2.13. The quantitative estimate of drug-likeness (QED) is 0.792. The van der Waals surface area contributed by atoms with Crippen LogP contribution in [0.5, 0.6) is 0 Å². The summed E-state index contributed by atoms with van der Waals surface area (Å²) in [5, 5.41) is 0. The van der Waals surface area contributed by atoms with Gasteiger partial charge in [0.15, 0.2) is 0 Å². The summed E-state index contributed by atoms with van der Waals surface area (Å²) in [6, 6.07) is 14.1. The highest BCUT2D eigenvalue weighted by Gasteiger charge is 2.14.